The maximum absolute atomic E-state index is 13.5. The number of Topliss-reactive ketones (excluding diaryl/α,β-unsaturated/α-hetero) is 1. The van der Waals surface area contributed by atoms with Gasteiger partial charge in [0, 0.05) is 25.3 Å². The van der Waals surface area contributed by atoms with E-state index >= 15 is 0 Å². The molecule has 0 radical (unpaired) electrons. The predicted molar refractivity (Wildman–Crippen MR) is 125 cm³/mol. The van der Waals surface area contributed by atoms with Crippen molar-refractivity contribution < 1.29 is 32.6 Å². The molecule has 1 atom stereocenters. The second-order valence-corrected chi connectivity index (χ2v) is 8.26. The van der Waals surface area contributed by atoms with E-state index in [0.29, 0.717) is 5.69 Å². The minimum Gasteiger partial charge on any atom is -0.503 e. The molecule has 1 unspecified atom stereocenters. The van der Waals surface area contributed by atoms with Crippen molar-refractivity contribution >= 4 is 23.2 Å². The number of aliphatic hydroxyl groups excluding tert-OH is 1. The molecule has 1 aromatic heterocycles. The van der Waals surface area contributed by atoms with Crippen molar-refractivity contribution in [3.05, 3.63) is 88.8 Å². The number of halogens is 3. The highest BCUT2D eigenvalue weighted by Crippen LogP contribution is 2.41. The summed E-state index contributed by atoms with van der Waals surface area (Å²) in [7, 11) is 3.67. The van der Waals surface area contributed by atoms with E-state index in [1.165, 1.54) is 18.2 Å². The Morgan fingerprint density at radius 2 is 1.64 bits per heavy atom. The maximum Gasteiger partial charge on any atom is 0.573 e. The van der Waals surface area contributed by atoms with Crippen molar-refractivity contribution in [3.8, 4) is 5.75 Å². The fourth-order valence-electron chi connectivity index (χ4n) is 3.83. The molecule has 0 fully saturated rings. The van der Waals surface area contributed by atoms with Gasteiger partial charge in [0.15, 0.2) is 17.4 Å². The Balaban J connectivity index is 1.79. The zero-order valence-corrected chi connectivity index (χ0v) is 19.4. The SMILES string of the molecule is Cc1ccc(N2C(=O)C(O)=C(C(=O)c3ccc(N(C)C)cc3)C2c2ccc(OC(F)(F)F)cc2)nn1. The topological polar surface area (TPSA) is 95.9 Å². The van der Waals surface area contributed by atoms with Gasteiger partial charge in [-0.15, -0.1) is 18.3 Å². The Hall–Kier alpha value is -4.41. The van der Waals surface area contributed by atoms with Crippen LogP contribution in [0.3, 0.4) is 0 Å². The molecule has 1 aliphatic rings. The number of rotatable bonds is 6. The van der Waals surface area contributed by atoms with Crippen molar-refractivity contribution in [1.29, 1.82) is 0 Å². The van der Waals surface area contributed by atoms with Gasteiger partial charge in [-0.3, -0.25) is 14.5 Å². The predicted octanol–water partition coefficient (Wildman–Crippen LogP) is 4.53. The fourth-order valence-corrected chi connectivity index (χ4v) is 3.83. The highest BCUT2D eigenvalue weighted by atomic mass is 19.4. The summed E-state index contributed by atoms with van der Waals surface area (Å²) in [4.78, 5) is 29.6. The molecule has 2 aromatic carbocycles. The van der Waals surface area contributed by atoms with Gasteiger partial charge >= 0.3 is 6.36 Å². The number of nitrogens with zero attached hydrogens (tertiary/aromatic N) is 4. The molecule has 0 bridgehead atoms. The van der Waals surface area contributed by atoms with Crippen molar-refractivity contribution in [2.24, 2.45) is 0 Å². The van der Waals surface area contributed by atoms with E-state index in [1.54, 1.807) is 37.3 Å². The summed E-state index contributed by atoms with van der Waals surface area (Å²) in [6, 6.07) is 13.2. The average molecular weight is 498 g/mol. The highest BCUT2D eigenvalue weighted by molar-refractivity contribution is 6.20. The van der Waals surface area contributed by atoms with Crippen molar-refractivity contribution in [2.75, 3.05) is 23.9 Å². The smallest absolute Gasteiger partial charge is 0.503 e. The van der Waals surface area contributed by atoms with E-state index in [0.717, 1.165) is 22.7 Å². The van der Waals surface area contributed by atoms with Gasteiger partial charge in [-0.1, -0.05) is 12.1 Å². The fraction of sp³-hybridized carbons (Fsp3) is 0.200. The van der Waals surface area contributed by atoms with Gasteiger partial charge in [0.2, 0.25) is 0 Å². The number of amides is 1. The lowest BCUT2D eigenvalue weighted by molar-refractivity contribution is -0.274. The van der Waals surface area contributed by atoms with Crippen LogP contribution >= 0.6 is 0 Å². The molecule has 0 aliphatic carbocycles. The number of ether oxygens (including phenoxy) is 1. The summed E-state index contributed by atoms with van der Waals surface area (Å²) in [6.07, 6.45) is -4.88. The van der Waals surface area contributed by atoms with Crippen LogP contribution in [-0.2, 0) is 4.79 Å². The number of aryl methyl sites for hydroxylation is 1. The Bertz CT molecular complexity index is 1320. The van der Waals surface area contributed by atoms with E-state index in [9.17, 15) is 27.9 Å². The number of anilines is 2. The van der Waals surface area contributed by atoms with Gasteiger partial charge in [-0.25, -0.2) is 0 Å². The van der Waals surface area contributed by atoms with E-state index in [4.69, 9.17) is 0 Å². The number of ketones is 1. The summed E-state index contributed by atoms with van der Waals surface area (Å²) >= 11 is 0. The molecule has 11 heteroatoms. The van der Waals surface area contributed by atoms with E-state index in [-0.39, 0.29) is 22.5 Å². The van der Waals surface area contributed by atoms with Crippen LogP contribution in [0.15, 0.2) is 72.0 Å². The molecule has 0 spiro atoms. The molecule has 2 heterocycles. The van der Waals surface area contributed by atoms with Gasteiger partial charge in [0.1, 0.15) is 5.75 Å². The van der Waals surface area contributed by atoms with E-state index in [1.807, 2.05) is 19.0 Å². The summed E-state index contributed by atoms with van der Waals surface area (Å²) in [6.45, 7) is 1.70. The lowest BCUT2D eigenvalue weighted by atomic mass is 9.92. The second kappa shape index (κ2) is 9.33. The van der Waals surface area contributed by atoms with Crippen molar-refractivity contribution in [3.63, 3.8) is 0 Å². The third-order valence-corrected chi connectivity index (χ3v) is 5.56. The molecule has 36 heavy (non-hydrogen) atoms. The normalized spacial score (nSPS) is 15.9. The van der Waals surface area contributed by atoms with Crippen LogP contribution in [0.4, 0.5) is 24.7 Å². The minimum absolute atomic E-state index is 0.0588. The average Bonchev–Trinajstić information content (AvgIpc) is 3.09. The molecular formula is C25H21F3N4O4. The van der Waals surface area contributed by atoms with Crippen molar-refractivity contribution in [1.82, 2.24) is 10.2 Å². The molecule has 1 N–H and O–H groups in total. The van der Waals surface area contributed by atoms with Crippen LogP contribution in [0, 0.1) is 6.92 Å². The Kier molecular flexibility index (Phi) is 6.40. The Labute approximate surface area is 204 Å². The van der Waals surface area contributed by atoms with Crippen LogP contribution in [0.1, 0.15) is 27.7 Å². The molecule has 3 aromatic rings. The number of alkyl halides is 3. The number of aromatic nitrogens is 2. The molecule has 8 nitrogen and oxygen atoms in total. The number of carbonyl (C=O) groups excluding carboxylic acids is 2. The molecule has 1 amide bonds. The first-order valence-corrected chi connectivity index (χ1v) is 10.7. The van der Waals surface area contributed by atoms with Crippen LogP contribution in [-0.4, -0.2) is 47.5 Å². The molecular weight excluding hydrogens is 477 g/mol. The van der Waals surface area contributed by atoms with Gasteiger partial charge in [0.25, 0.3) is 5.91 Å². The molecule has 1 aliphatic heterocycles. The summed E-state index contributed by atoms with van der Waals surface area (Å²) < 4.78 is 41.8. The van der Waals surface area contributed by atoms with E-state index in [2.05, 4.69) is 14.9 Å². The highest BCUT2D eigenvalue weighted by Gasteiger charge is 2.45. The zero-order valence-electron chi connectivity index (χ0n) is 19.4. The third kappa shape index (κ3) is 4.85. The van der Waals surface area contributed by atoms with Crippen LogP contribution in [0.5, 0.6) is 5.75 Å². The van der Waals surface area contributed by atoms with Gasteiger partial charge < -0.3 is 14.7 Å². The van der Waals surface area contributed by atoms with Crippen LogP contribution < -0.4 is 14.5 Å². The van der Waals surface area contributed by atoms with Crippen molar-refractivity contribution in [2.45, 2.75) is 19.3 Å². The van der Waals surface area contributed by atoms with Gasteiger partial charge in [-0.2, -0.15) is 5.10 Å². The molecule has 0 saturated heterocycles. The summed E-state index contributed by atoms with van der Waals surface area (Å²) in [5, 5.41) is 18.7. The first-order chi connectivity index (χ1) is 17.0. The number of carbonyl (C=O) groups is 2. The number of hydrogen-bond donors (Lipinski definition) is 1. The monoisotopic (exact) mass is 498 g/mol. The summed E-state index contributed by atoms with van der Waals surface area (Å²) in [5.41, 5.74) is 1.65. The number of hydrogen-bond acceptors (Lipinski definition) is 7. The zero-order chi connectivity index (χ0) is 26.2. The molecule has 0 saturated carbocycles. The standard InChI is InChI=1S/C25H21F3N4O4/c1-14-4-13-19(30-29-14)32-21(15-7-11-18(12-8-15)36-25(26,27)28)20(23(34)24(32)35)22(33)16-5-9-17(10-6-16)31(2)3/h4-13,21,34H,1-3H3. The largest absolute Gasteiger partial charge is 0.573 e. The number of benzene rings is 2. The van der Waals surface area contributed by atoms with Crippen LogP contribution in [0.2, 0.25) is 0 Å². The molecule has 4 rings (SSSR count). The summed E-state index contributed by atoms with van der Waals surface area (Å²) in [5.74, 6) is -2.70. The maximum atomic E-state index is 13.5. The Morgan fingerprint density at radius 3 is 2.17 bits per heavy atom. The van der Waals surface area contributed by atoms with Crippen LogP contribution in [0.25, 0.3) is 0 Å². The first kappa shape index (κ1) is 24.7. The minimum atomic E-state index is -4.88. The Morgan fingerprint density at radius 1 is 1.00 bits per heavy atom. The lowest BCUT2D eigenvalue weighted by Gasteiger charge is -2.26. The first-order valence-electron chi connectivity index (χ1n) is 10.7. The molecule has 186 valence electrons. The lowest BCUT2D eigenvalue weighted by Crippen LogP contribution is -2.32. The van der Waals surface area contributed by atoms with E-state index < -0.39 is 35.6 Å². The third-order valence-electron chi connectivity index (χ3n) is 5.56. The number of aliphatic hydroxyl groups is 1. The second-order valence-electron chi connectivity index (χ2n) is 8.26. The van der Waals surface area contributed by atoms with Gasteiger partial charge in [-0.05, 0) is 61.0 Å². The van der Waals surface area contributed by atoms with Gasteiger partial charge in [0.05, 0.1) is 17.3 Å². The quantitative estimate of drug-likeness (QED) is 0.499.